The van der Waals surface area contributed by atoms with Gasteiger partial charge in [-0.3, -0.25) is 9.59 Å². The van der Waals surface area contributed by atoms with Crippen molar-refractivity contribution >= 4 is 52.2 Å². The van der Waals surface area contributed by atoms with E-state index >= 15 is 0 Å². The van der Waals surface area contributed by atoms with Gasteiger partial charge in [-0.05, 0) is 60.9 Å². The van der Waals surface area contributed by atoms with Crippen molar-refractivity contribution in [1.82, 2.24) is 9.47 Å². The summed E-state index contributed by atoms with van der Waals surface area (Å²) < 4.78 is 14.6. The highest BCUT2D eigenvalue weighted by molar-refractivity contribution is 7.98. The van der Waals surface area contributed by atoms with Crippen LogP contribution in [0, 0.1) is 5.82 Å². The van der Waals surface area contributed by atoms with Crippen LogP contribution in [0.15, 0.2) is 58.4 Å². The van der Waals surface area contributed by atoms with E-state index in [1.807, 2.05) is 18.4 Å². The number of piperidine rings is 1. The first-order valence-electron chi connectivity index (χ1n) is 10.8. The summed E-state index contributed by atoms with van der Waals surface area (Å²) in [6.07, 6.45) is 4.99. The number of carbonyl (C=O) groups excluding carboxylic acids is 1. The highest BCUT2D eigenvalue weighted by Gasteiger charge is 2.28. The molecule has 178 valence electrons. The molecule has 34 heavy (non-hydrogen) atoms. The number of amides is 1. The number of hydrogen-bond donors (Lipinski definition) is 1. The smallest absolute Gasteiger partial charge is 0.271 e. The number of nitrogens with zero attached hydrogens (tertiary/aromatic N) is 2. The first kappa shape index (κ1) is 24.6. The molecule has 4 rings (SSSR count). The minimum Gasteiger partial charge on any atom is -0.353 e. The molecule has 0 unspecified atom stereocenters. The van der Waals surface area contributed by atoms with Crippen LogP contribution in [0.2, 0.25) is 10.0 Å². The Bertz CT molecular complexity index is 1270. The molecule has 1 fully saturated rings. The van der Waals surface area contributed by atoms with E-state index in [9.17, 15) is 14.0 Å². The largest absolute Gasteiger partial charge is 0.353 e. The first-order chi connectivity index (χ1) is 16.3. The molecule has 0 saturated carbocycles. The highest BCUT2D eigenvalue weighted by Crippen LogP contribution is 2.34. The molecule has 5 nitrogen and oxygen atoms in total. The normalized spacial score (nSPS) is 14.3. The zero-order chi connectivity index (χ0) is 24.4. The predicted octanol–water partition coefficient (Wildman–Crippen LogP) is 6.32. The molecule has 2 aromatic carbocycles. The molecular formula is C25H24Cl2FN3O2S. The average molecular weight is 520 g/mol. The van der Waals surface area contributed by atoms with Gasteiger partial charge in [-0.25, -0.2) is 4.39 Å². The fraction of sp³-hybridized carbons (Fsp3) is 0.280. The van der Waals surface area contributed by atoms with Crippen LogP contribution >= 0.6 is 35.0 Å². The van der Waals surface area contributed by atoms with Crippen molar-refractivity contribution in [2.75, 3.05) is 24.7 Å². The van der Waals surface area contributed by atoms with Gasteiger partial charge in [-0.2, -0.15) is 0 Å². The minimum absolute atomic E-state index is 0.0559. The molecule has 0 aliphatic carbocycles. The number of carbonyl (C=O) groups is 1. The number of hydrogen-bond acceptors (Lipinski definition) is 4. The fourth-order valence-corrected chi connectivity index (χ4v) is 5.34. The lowest BCUT2D eigenvalue weighted by atomic mass is 9.89. The van der Waals surface area contributed by atoms with E-state index in [0.717, 1.165) is 23.3 Å². The zero-order valence-corrected chi connectivity index (χ0v) is 21.1. The summed E-state index contributed by atoms with van der Waals surface area (Å²) in [4.78, 5) is 28.7. The van der Waals surface area contributed by atoms with Crippen LogP contribution in [0.5, 0.6) is 0 Å². The number of aromatic nitrogens is 1. The SMILES string of the molecule is CSc1ccc(Nc2c(C(=O)N3CCC(c4ccc(F)cc4)CC3)cn(C)c(=O)c2Cl)cc1Cl. The van der Waals surface area contributed by atoms with Gasteiger partial charge in [0.25, 0.3) is 11.5 Å². The fourth-order valence-electron chi connectivity index (χ4n) is 4.19. The van der Waals surface area contributed by atoms with E-state index in [1.54, 1.807) is 30.1 Å². The molecule has 1 aliphatic heterocycles. The van der Waals surface area contributed by atoms with Crippen molar-refractivity contribution in [2.45, 2.75) is 23.7 Å². The average Bonchev–Trinajstić information content (AvgIpc) is 2.84. The molecule has 1 amide bonds. The third-order valence-corrected chi connectivity index (χ3v) is 7.67. The monoisotopic (exact) mass is 519 g/mol. The van der Waals surface area contributed by atoms with Crippen molar-refractivity contribution in [3.05, 3.63) is 86.0 Å². The van der Waals surface area contributed by atoms with Gasteiger partial charge in [0.1, 0.15) is 10.8 Å². The van der Waals surface area contributed by atoms with Crippen LogP contribution in [0.3, 0.4) is 0 Å². The van der Waals surface area contributed by atoms with E-state index in [1.165, 1.54) is 34.7 Å². The maximum atomic E-state index is 13.5. The number of benzene rings is 2. The summed E-state index contributed by atoms with van der Waals surface area (Å²) in [6, 6.07) is 12.0. The van der Waals surface area contributed by atoms with Gasteiger partial charge in [0, 0.05) is 36.9 Å². The number of nitrogens with one attached hydrogen (secondary N) is 1. The molecular weight excluding hydrogens is 496 g/mol. The van der Waals surface area contributed by atoms with Crippen molar-refractivity contribution in [3.8, 4) is 0 Å². The van der Waals surface area contributed by atoms with E-state index in [-0.39, 0.29) is 28.4 Å². The van der Waals surface area contributed by atoms with E-state index in [4.69, 9.17) is 23.2 Å². The summed E-state index contributed by atoms with van der Waals surface area (Å²) in [7, 11) is 1.57. The van der Waals surface area contributed by atoms with Gasteiger partial charge in [-0.15, -0.1) is 11.8 Å². The Morgan fingerprint density at radius 1 is 1.12 bits per heavy atom. The Morgan fingerprint density at radius 2 is 1.79 bits per heavy atom. The molecule has 1 N–H and O–H groups in total. The quantitative estimate of drug-likeness (QED) is 0.401. The lowest BCUT2D eigenvalue weighted by Gasteiger charge is -2.33. The van der Waals surface area contributed by atoms with Gasteiger partial charge >= 0.3 is 0 Å². The third-order valence-electron chi connectivity index (χ3n) is 6.09. The second-order valence-corrected chi connectivity index (χ2v) is 9.87. The number of anilines is 2. The van der Waals surface area contributed by atoms with Crippen molar-refractivity contribution in [2.24, 2.45) is 7.05 Å². The van der Waals surface area contributed by atoms with Crippen LogP contribution < -0.4 is 10.9 Å². The Hall–Kier alpha value is -2.48. The minimum atomic E-state index is -0.400. The van der Waals surface area contributed by atoms with Crippen LogP contribution in [0.25, 0.3) is 0 Å². The Labute approximate surface area is 211 Å². The van der Waals surface area contributed by atoms with Crippen LogP contribution in [0.1, 0.15) is 34.7 Å². The van der Waals surface area contributed by atoms with Gasteiger partial charge in [0.05, 0.1) is 16.3 Å². The van der Waals surface area contributed by atoms with Crippen LogP contribution in [-0.2, 0) is 7.05 Å². The lowest BCUT2D eigenvalue weighted by molar-refractivity contribution is 0.0713. The number of likely N-dealkylation sites (tertiary alicyclic amines) is 1. The molecule has 3 aromatic rings. The van der Waals surface area contributed by atoms with Crippen molar-refractivity contribution in [1.29, 1.82) is 0 Å². The van der Waals surface area contributed by atoms with E-state index in [0.29, 0.717) is 29.4 Å². The van der Waals surface area contributed by atoms with Gasteiger partial charge in [0.15, 0.2) is 0 Å². The maximum Gasteiger partial charge on any atom is 0.271 e. The highest BCUT2D eigenvalue weighted by atomic mass is 35.5. The van der Waals surface area contributed by atoms with Crippen LogP contribution in [-0.4, -0.2) is 34.7 Å². The Morgan fingerprint density at radius 3 is 2.41 bits per heavy atom. The Balaban J connectivity index is 1.58. The third kappa shape index (κ3) is 5.11. The predicted molar refractivity (Wildman–Crippen MR) is 137 cm³/mol. The van der Waals surface area contributed by atoms with Crippen LogP contribution in [0.4, 0.5) is 15.8 Å². The molecule has 2 heterocycles. The summed E-state index contributed by atoms with van der Waals surface area (Å²) in [5.41, 5.74) is 1.89. The standard InChI is InChI=1S/C25H24Cl2FN3O2S/c1-30-14-19(23(22(27)25(30)33)29-18-7-8-21(34-2)20(26)13-18)24(32)31-11-9-16(10-12-31)15-3-5-17(28)6-4-15/h3-8,13-14,16,29H,9-12H2,1-2H3. The molecule has 0 spiro atoms. The van der Waals surface area contributed by atoms with Crippen molar-refractivity contribution in [3.63, 3.8) is 0 Å². The topological polar surface area (TPSA) is 54.3 Å². The summed E-state index contributed by atoms with van der Waals surface area (Å²) >= 11 is 14.3. The van der Waals surface area contributed by atoms with Gasteiger partial charge in [-0.1, -0.05) is 35.3 Å². The number of rotatable bonds is 5. The molecule has 9 heteroatoms. The number of thioether (sulfide) groups is 1. The molecule has 1 aliphatic rings. The summed E-state index contributed by atoms with van der Waals surface area (Å²) in [5.74, 6) is -0.195. The molecule has 0 radical (unpaired) electrons. The molecule has 0 bridgehead atoms. The van der Waals surface area contributed by atoms with Crippen molar-refractivity contribution < 1.29 is 9.18 Å². The van der Waals surface area contributed by atoms with E-state index < -0.39 is 5.56 Å². The number of halogens is 3. The molecule has 1 aromatic heterocycles. The summed E-state index contributed by atoms with van der Waals surface area (Å²) in [5, 5.41) is 3.65. The maximum absolute atomic E-state index is 13.5. The first-order valence-corrected chi connectivity index (χ1v) is 12.8. The Kier molecular flexibility index (Phi) is 7.55. The molecule has 1 saturated heterocycles. The number of aryl methyl sites for hydroxylation is 1. The lowest BCUT2D eigenvalue weighted by Crippen LogP contribution is -2.39. The van der Waals surface area contributed by atoms with Gasteiger partial charge < -0.3 is 14.8 Å². The molecule has 0 atom stereocenters. The second-order valence-electron chi connectivity index (χ2n) is 8.24. The second kappa shape index (κ2) is 10.4. The summed E-state index contributed by atoms with van der Waals surface area (Å²) in [6.45, 7) is 1.10. The zero-order valence-electron chi connectivity index (χ0n) is 18.8. The van der Waals surface area contributed by atoms with Gasteiger partial charge in [0.2, 0.25) is 0 Å². The number of pyridine rings is 1. The van der Waals surface area contributed by atoms with E-state index in [2.05, 4.69) is 5.32 Å².